The monoisotopic (exact) mass is 732 g/mol. The highest BCUT2D eigenvalue weighted by atomic mass is 35.5. The summed E-state index contributed by atoms with van der Waals surface area (Å²) in [6.45, 7) is 7.42. The standard InChI is InChI=1S/C37H38ClFN6O7/c1-36(2)17-51-37(52-18-36)15-44(16-37)29-11-26(38)30(32-31(29)40-41-42(32)3)34(46)43-12-20-5-4-6-23(33(20)50-19-43)24-10-28(25(35(47)48)9-27(24)39)45-21-7-8-22(45)14-49-13-21/h4-6,9-11,21-22H,7-8,12-19H2,1-3H3,(H,47,48). The number of fused-ring (bicyclic) bond motifs is 4. The molecule has 0 saturated carbocycles. The Balaban J connectivity index is 1.01. The average molecular weight is 733 g/mol. The van der Waals surface area contributed by atoms with E-state index in [0.29, 0.717) is 73.1 Å². The van der Waals surface area contributed by atoms with E-state index in [1.807, 2.05) is 6.07 Å². The number of carbonyl (C=O) groups excluding carboxylic acids is 1. The Morgan fingerprint density at radius 1 is 1.02 bits per heavy atom. The number of halogens is 2. The van der Waals surface area contributed by atoms with Crippen molar-refractivity contribution in [3.63, 3.8) is 0 Å². The first-order valence-corrected chi connectivity index (χ1v) is 17.8. The molecule has 4 saturated heterocycles. The van der Waals surface area contributed by atoms with Gasteiger partial charge in [0.05, 0.1) is 85.7 Å². The summed E-state index contributed by atoms with van der Waals surface area (Å²) >= 11 is 6.91. The van der Waals surface area contributed by atoms with Crippen LogP contribution in [0.25, 0.3) is 22.2 Å². The van der Waals surface area contributed by atoms with Crippen LogP contribution in [0, 0.1) is 11.2 Å². The predicted molar refractivity (Wildman–Crippen MR) is 188 cm³/mol. The molecule has 9 rings (SSSR count). The number of carboxylic acids is 1. The highest BCUT2D eigenvalue weighted by Gasteiger charge is 2.51. The van der Waals surface area contributed by atoms with Crippen LogP contribution in [0.3, 0.4) is 0 Å². The number of rotatable bonds is 5. The van der Waals surface area contributed by atoms with Crippen LogP contribution in [0.5, 0.6) is 5.75 Å². The van der Waals surface area contributed by atoms with Gasteiger partial charge in [0.25, 0.3) is 5.91 Å². The van der Waals surface area contributed by atoms with Gasteiger partial charge >= 0.3 is 5.97 Å². The first-order chi connectivity index (χ1) is 24.9. The van der Waals surface area contributed by atoms with Crippen LogP contribution in [-0.4, -0.2) is 101 Å². The molecule has 4 aromatic rings. The summed E-state index contributed by atoms with van der Waals surface area (Å²) in [5.74, 6) is -2.49. The van der Waals surface area contributed by atoms with Gasteiger partial charge in [0, 0.05) is 29.2 Å². The summed E-state index contributed by atoms with van der Waals surface area (Å²) in [6, 6.07) is 9.84. The lowest BCUT2D eigenvalue weighted by Gasteiger charge is -2.54. The van der Waals surface area contributed by atoms with Crippen LogP contribution in [-0.2, 0) is 27.8 Å². The Labute approximate surface area is 303 Å². The van der Waals surface area contributed by atoms with E-state index in [4.69, 9.17) is 30.5 Å². The van der Waals surface area contributed by atoms with Gasteiger partial charge in [-0.1, -0.05) is 48.9 Å². The summed E-state index contributed by atoms with van der Waals surface area (Å²) in [5.41, 5.74) is 3.70. The largest absolute Gasteiger partial charge is 0.478 e. The molecule has 0 radical (unpaired) electrons. The van der Waals surface area contributed by atoms with Crippen LogP contribution in [0.15, 0.2) is 36.4 Å². The summed E-state index contributed by atoms with van der Waals surface area (Å²) < 4.78 is 41.6. The predicted octanol–water partition coefficient (Wildman–Crippen LogP) is 5.08. The summed E-state index contributed by atoms with van der Waals surface area (Å²) in [7, 11) is 1.72. The van der Waals surface area contributed by atoms with E-state index >= 15 is 4.39 Å². The third-order valence-electron chi connectivity index (χ3n) is 10.9. The van der Waals surface area contributed by atoms with Crippen molar-refractivity contribution in [2.45, 2.75) is 51.1 Å². The van der Waals surface area contributed by atoms with Crippen molar-refractivity contribution in [3.8, 4) is 16.9 Å². The van der Waals surface area contributed by atoms with Gasteiger partial charge in [-0.15, -0.1) is 5.10 Å². The molecule has 0 aliphatic carbocycles. The number of para-hydroxylation sites is 1. The summed E-state index contributed by atoms with van der Waals surface area (Å²) in [4.78, 5) is 32.2. The number of morpholine rings is 1. The Kier molecular flexibility index (Phi) is 7.71. The second-order valence-electron chi connectivity index (χ2n) is 15.2. The number of anilines is 2. The number of carbonyl (C=O) groups is 2. The first kappa shape index (κ1) is 33.3. The molecule has 13 nitrogen and oxygen atoms in total. The van der Waals surface area contributed by atoms with Crippen molar-refractivity contribution < 1.29 is 38.0 Å². The molecule has 1 amide bonds. The van der Waals surface area contributed by atoms with Crippen molar-refractivity contribution in [2.75, 3.05) is 56.0 Å². The molecule has 2 unspecified atom stereocenters. The van der Waals surface area contributed by atoms with Gasteiger partial charge in [0.2, 0.25) is 5.79 Å². The van der Waals surface area contributed by atoms with Crippen LogP contribution < -0.4 is 14.5 Å². The van der Waals surface area contributed by atoms with Crippen molar-refractivity contribution >= 4 is 45.9 Å². The highest BCUT2D eigenvalue weighted by molar-refractivity contribution is 6.36. The fourth-order valence-corrected chi connectivity index (χ4v) is 8.48. The van der Waals surface area contributed by atoms with E-state index in [0.717, 1.165) is 24.6 Å². The van der Waals surface area contributed by atoms with Gasteiger partial charge in [-0.3, -0.25) is 4.79 Å². The molecule has 1 N–H and O–H groups in total. The number of carboxylic acid groups (broad SMARTS) is 1. The molecule has 1 spiro atoms. The number of hydrogen-bond acceptors (Lipinski definition) is 10. The van der Waals surface area contributed by atoms with E-state index in [1.165, 1.54) is 4.90 Å². The number of hydrogen-bond donors (Lipinski definition) is 1. The third-order valence-corrected chi connectivity index (χ3v) is 11.2. The van der Waals surface area contributed by atoms with Crippen LogP contribution in [0.1, 0.15) is 53.0 Å². The minimum absolute atomic E-state index is 0.0211. The third kappa shape index (κ3) is 5.29. The number of aromatic carboxylic acids is 1. The quantitative estimate of drug-likeness (QED) is 0.295. The Morgan fingerprint density at radius 2 is 1.75 bits per heavy atom. The van der Waals surface area contributed by atoms with Gasteiger partial charge < -0.3 is 38.8 Å². The average Bonchev–Trinajstić information content (AvgIpc) is 3.60. The molecule has 4 fully saturated rings. The number of amides is 1. The lowest BCUT2D eigenvalue weighted by molar-refractivity contribution is -0.307. The maximum Gasteiger partial charge on any atom is 0.337 e. The van der Waals surface area contributed by atoms with Gasteiger partial charge in [0.15, 0.2) is 6.73 Å². The molecular formula is C37H38ClFN6O7. The van der Waals surface area contributed by atoms with Crippen molar-refractivity contribution in [1.82, 2.24) is 19.9 Å². The number of ether oxygens (including phenoxy) is 4. The van der Waals surface area contributed by atoms with E-state index in [9.17, 15) is 14.7 Å². The molecule has 1 aromatic heterocycles. The zero-order chi connectivity index (χ0) is 36.1. The van der Waals surface area contributed by atoms with E-state index in [2.05, 4.69) is 34.0 Å². The minimum atomic E-state index is -1.19. The second-order valence-corrected chi connectivity index (χ2v) is 15.6. The molecular weight excluding hydrogens is 695 g/mol. The number of aromatic nitrogens is 3. The van der Waals surface area contributed by atoms with Crippen molar-refractivity contribution in [2.24, 2.45) is 12.5 Å². The SMILES string of the molecule is Cn1nnc2c(N3CC4(C3)OCC(C)(C)CO4)cc(Cl)c(C(=O)N3COc4c(cccc4-c4cc(N5C6CCC5COC6)c(C(=O)O)cc4F)C3)c21. The molecule has 2 bridgehead atoms. The fraction of sp³-hybridized carbons (Fsp3) is 0.459. The summed E-state index contributed by atoms with van der Waals surface area (Å²) in [6.07, 6.45) is 1.75. The molecule has 52 heavy (non-hydrogen) atoms. The lowest BCUT2D eigenvalue weighted by atomic mass is 9.93. The smallest absolute Gasteiger partial charge is 0.337 e. The van der Waals surface area contributed by atoms with Crippen molar-refractivity contribution in [1.29, 1.82) is 0 Å². The molecule has 15 heteroatoms. The van der Waals surface area contributed by atoms with Crippen LogP contribution in [0.2, 0.25) is 5.02 Å². The maximum atomic E-state index is 15.8. The lowest BCUT2D eigenvalue weighted by Crippen LogP contribution is -2.68. The van der Waals surface area contributed by atoms with E-state index in [1.54, 1.807) is 36.0 Å². The molecule has 5 aliphatic rings. The highest BCUT2D eigenvalue weighted by Crippen LogP contribution is 2.45. The van der Waals surface area contributed by atoms with Crippen molar-refractivity contribution in [3.05, 3.63) is 63.9 Å². The Morgan fingerprint density at radius 3 is 2.46 bits per heavy atom. The molecule has 6 heterocycles. The second kappa shape index (κ2) is 12.0. The van der Waals surface area contributed by atoms with Crippen LogP contribution >= 0.6 is 11.6 Å². The number of nitrogens with zero attached hydrogens (tertiary/aromatic N) is 6. The van der Waals surface area contributed by atoms with E-state index in [-0.39, 0.29) is 58.4 Å². The molecule has 5 aliphatic heterocycles. The minimum Gasteiger partial charge on any atom is -0.478 e. The number of benzene rings is 3. The Bertz CT molecular complexity index is 2120. The summed E-state index contributed by atoms with van der Waals surface area (Å²) in [5, 5.41) is 18.9. The topological polar surface area (TPSA) is 132 Å². The zero-order valence-electron chi connectivity index (χ0n) is 29.0. The molecule has 272 valence electrons. The Hall–Kier alpha value is -4.50. The van der Waals surface area contributed by atoms with Gasteiger partial charge in [-0.2, -0.15) is 0 Å². The van der Waals surface area contributed by atoms with Gasteiger partial charge in [-0.25, -0.2) is 13.9 Å². The fourth-order valence-electron chi connectivity index (χ4n) is 8.20. The maximum absolute atomic E-state index is 15.8. The van der Waals surface area contributed by atoms with Gasteiger partial charge in [-0.05, 0) is 31.0 Å². The molecule has 3 aromatic carbocycles. The normalized spacial score (nSPS) is 23.1. The van der Waals surface area contributed by atoms with Crippen LogP contribution in [0.4, 0.5) is 15.8 Å². The van der Waals surface area contributed by atoms with Gasteiger partial charge in [0.1, 0.15) is 22.6 Å². The van der Waals surface area contributed by atoms with E-state index < -0.39 is 17.6 Å². The number of aryl methyl sites for hydroxylation is 1. The first-order valence-electron chi connectivity index (χ1n) is 17.4. The molecule has 2 atom stereocenters. The zero-order valence-corrected chi connectivity index (χ0v) is 29.8.